The highest BCUT2D eigenvalue weighted by Crippen LogP contribution is 2.27. The molecule has 1 aliphatic heterocycles. The van der Waals surface area contributed by atoms with Crippen LogP contribution < -0.4 is 5.32 Å². The zero-order valence-corrected chi connectivity index (χ0v) is 15.7. The molecule has 25 heavy (non-hydrogen) atoms. The van der Waals surface area contributed by atoms with Crippen LogP contribution in [0, 0.1) is 13.8 Å². The molecule has 1 aromatic heterocycles. The second-order valence-electron chi connectivity index (χ2n) is 6.90. The van der Waals surface area contributed by atoms with Crippen LogP contribution in [0.5, 0.6) is 0 Å². The highest BCUT2D eigenvalue weighted by Gasteiger charge is 2.33. The molecule has 0 atom stereocenters. The van der Waals surface area contributed by atoms with Crippen LogP contribution in [0.1, 0.15) is 53.8 Å². The van der Waals surface area contributed by atoms with Crippen molar-refractivity contribution in [2.45, 2.75) is 56.9 Å². The van der Waals surface area contributed by atoms with Gasteiger partial charge in [-0.1, -0.05) is 19.3 Å². The molecule has 3 rings (SSSR count). The quantitative estimate of drug-likeness (QED) is 0.845. The summed E-state index contributed by atoms with van der Waals surface area (Å²) in [7, 11) is -3.63. The van der Waals surface area contributed by atoms with E-state index in [1.165, 1.54) is 10.7 Å². The molecule has 2 fully saturated rings. The van der Waals surface area contributed by atoms with Gasteiger partial charge in [-0.15, -0.1) is 0 Å². The fourth-order valence-electron chi connectivity index (χ4n) is 3.77. The van der Waals surface area contributed by atoms with Gasteiger partial charge in [-0.2, -0.15) is 4.31 Å². The highest BCUT2D eigenvalue weighted by atomic mass is 32.2. The number of hydrogen-bond acceptors (Lipinski definition) is 4. The average molecular weight is 369 g/mol. The summed E-state index contributed by atoms with van der Waals surface area (Å²) in [6.07, 6.45) is 5.45. The van der Waals surface area contributed by atoms with Crippen LogP contribution in [-0.4, -0.2) is 56.0 Å². The summed E-state index contributed by atoms with van der Waals surface area (Å²) in [6, 6.07) is 0.184. The number of nitrogens with zero attached hydrogens (tertiary/aromatic N) is 1. The lowest BCUT2D eigenvalue weighted by atomic mass is 9.95. The molecule has 1 aliphatic carbocycles. The average Bonchev–Trinajstić information content (AvgIpc) is 2.92. The Morgan fingerprint density at radius 3 is 2.44 bits per heavy atom. The number of ether oxygens (including phenoxy) is 1. The summed E-state index contributed by atoms with van der Waals surface area (Å²) in [6.45, 7) is 4.89. The third-order valence-corrected chi connectivity index (χ3v) is 7.28. The van der Waals surface area contributed by atoms with Crippen LogP contribution in [0.15, 0.2) is 4.90 Å². The second kappa shape index (κ2) is 7.47. The Labute approximate surface area is 149 Å². The molecule has 1 aromatic rings. The van der Waals surface area contributed by atoms with Crippen molar-refractivity contribution in [1.82, 2.24) is 14.6 Å². The number of aryl methyl sites for hydroxylation is 1. The van der Waals surface area contributed by atoms with Crippen molar-refractivity contribution in [3.8, 4) is 0 Å². The van der Waals surface area contributed by atoms with Crippen molar-refractivity contribution in [3.05, 3.63) is 17.0 Å². The van der Waals surface area contributed by atoms with Gasteiger partial charge in [0.15, 0.2) is 0 Å². The van der Waals surface area contributed by atoms with Crippen LogP contribution in [0.3, 0.4) is 0 Å². The number of carbonyl (C=O) groups excluding carboxylic acids is 1. The predicted octanol–water partition coefficient (Wildman–Crippen LogP) is 1.71. The summed E-state index contributed by atoms with van der Waals surface area (Å²) >= 11 is 0. The zero-order chi connectivity index (χ0) is 18.0. The molecule has 1 saturated heterocycles. The fourth-order valence-corrected chi connectivity index (χ4v) is 5.58. The van der Waals surface area contributed by atoms with Crippen molar-refractivity contribution in [2.75, 3.05) is 26.3 Å². The van der Waals surface area contributed by atoms with Gasteiger partial charge < -0.3 is 15.0 Å². The molecule has 2 N–H and O–H groups in total. The van der Waals surface area contributed by atoms with Crippen LogP contribution in [-0.2, 0) is 14.8 Å². The van der Waals surface area contributed by atoms with E-state index in [1.54, 1.807) is 13.8 Å². The Morgan fingerprint density at radius 1 is 1.16 bits per heavy atom. The van der Waals surface area contributed by atoms with Crippen LogP contribution >= 0.6 is 0 Å². The van der Waals surface area contributed by atoms with Crippen LogP contribution in [0.25, 0.3) is 0 Å². The number of morpholine rings is 1. The predicted molar refractivity (Wildman–Crippen MR) is 94.2 cm³/mol. The normalized spacial score (nSPS) is 20.6. The van der Waals surface area contributed by atoms with E-state index < -0.39 is 10.0 Å². The van der Waals surface area contributed by atoms with Crippen molar-refractivity contribution in [1.29, 1.82) is 0 Å². The zero-order valence-electron chi connectivity index (χ0n) is 14.9. The van der Waals surface area contributed by atoms with Crippen LogP contribution in [0.2, 0.25) is 0 Å². The summed E-state index contributed by atoms with van der Waals surface area (Å²) in [5.41, 5.74) is 1.37. The topological polar surface area (TPSA) is 91.5 Å². The first-order chi connectivity index (χ1) is 11.9. The first-order valence-electron chi connectivity index (χ1n) is 8.99. The van der Waals surface area contributed by atoms with Gasteiger partial charge in [0.25, 0.3) is 5.91 Å². The van der Waals surface area contributed by atoms with E-state index in [-0.39, 0.29) is 16.8 Å². The molecule has 140 valence electrons. The molecule has 7 nitrogen and oxygen atoms in total. The van der Waals surface area contributed by atoms with Crippen molar-refractivity contribution < 1.29 is 17.9 Å². The van der Waals surface area contributed by atoms with Gasteiger partial charge in [-0.3, -0.25) is 4.79 Å². The van der Waals surface area contributed by atoms with Crippen molar-refractivity contribution in [2.24, 2.45) is 0 Å². The molecule has 1 saturated carbocycles. The first kappa shape index (κ1) is 18.4. The lowest BCUT2D eigenvalue weighted by Crippen LogP contribution is -2.41. The monoisotopic (exact) mass is 369 g/mol. The van der Waals surface area contributed by atoms with E-state index in [9.17, 15) is 13.2 Å². The number of sulfonamides is 1. The molecule has 0 radical (unpaired) electrons. The van der Waals surface area contributed by atoms with Gasteiger partial charge >= 0.3 is 0 Å². The van der Waals surface area contributed by atoms with Gasteiger partial charge in [0, 0.05) is 24.8 Å². The molecule has 0 spiro atoms. The van der Waals surface area contributed by atoms with Gasteiger partial charge in [0.1, 0.15) is 10.6 Å². The first-order valence-corrected chi connectivity index (χ1v) is 10.4. The number of H-pyrrole nitrogens is 1. The minimum absolute atomic E-state index is 0.184. The summed E-state index contributed by atoms with van der Waals surface area (Å²) in [4.78, 5) is 15.9. The van der Waals surface area contributed by atoms with E-state index in [0.717, 1.165) is 25.7 Å². The maximum atomic E-state index is 13.0. The van der Waals surface area contributed by atoms with E-state index in [2.05, 4.69) is 10.3 Å². The Kier molecular flexibility index (Phi) is 5.50. The Balaban J connectivity index is 1.83. The molecular weight excluding hydrogens is 342 g/mol. The second-order valence-corrected chi connectivity index (χ2v) is 8.78. The summed E-state index contributed by atoms with van der Waals surface area (Å²) in [5, 5.41) is 3.05. The number of aromatic nitrogens is 1. The lowest BCUT2D eigenvalue weighted by Gasteiger charge is -2.26. The number of nitrogens with one attached hydrogen (secondary N) is 2. The minimum Gasteiger partial charge on any atom is -0.379 e. The Hall–Kier alpha value is -1.38. The van der Waals surface area contributed by atoms with E-state index >= 15 is 0 Å². The third-order valence-electron chi connectivity index (χ3n) is 5.10. The maximum absolute atomic E-state index is 13.0. The third kappa shape index (κ3) is 3.75. The number of carbonyl (C=O) groups is 1. The SMILES string of the molecule is Cc1[nH]c(C(=O)NC2CCCCC2)c(C)c1S(=O)(=O)N1CCOCC1. The fraction of sp³-hybridized carbons (Fsp3) is 0.706. The molecule has 2 heterocycles. The van der Waals surface area contributed by atoms with Gasteiger partial charge in [-0.05, 0) is 32.3 Å². The van der Waals surface area contributed by atoms with Gasteiger partial charge in [-0.25, -0.2) is 8.42 Å². The largest absolute Gasteiger partial charge is 0.379 e. The number of hydrogen-bond donors (Lipinski definition) is 2. The van der Waals surface area contributed by atoms with E-state index in [4.69, 9.17) is 4.74 Å². The molecule has 8 heteroatoms. The molecule has 2 aliphatic rings. The van der Waals surface area contributed by atoms with E-state index in [1.807, 2.05) is 0 Å². The molecule has 0 bridgehead atoms. The maximum Gasteiger partial charge on any atom is 0.268 e. The Bertz CT molecular complexity index is 729. The number of rotatable bonds is 4. The number of aromatic amines is 1. The minimum atomic E-state index is -3.63. The van der Waals surface area contributed by atoms with Gasteiger partial charge in [0.05, 0.1) is 13.2 Å². The molecule has 0 aromatic carbocycles. The standard InChI is InChI=1S/C17H27N3O4S/c1-12-15(17(21)19-14-6-4-3-5-7-14)18-13(2)16(12)25(22,23)20-8-10-24-11-9-20/h14,18H,3-11H2,1-2H3,(H,19,21). The lowest BCUT2D eigenvalue weighted by molar-refractivity contribution is 0.0730. The van der Waals surface area contributed by atoms with Crippen molar-refractivity contribution >= 4 is 15.9 Å². The number of amides is 1. The molecular formula is C17H27N3O4S. The smallest absolute Gasteiger partial charge is 0.268 e. The summed E-state index contributed by atoms with van der Waals surface area (Å²) in [5.74, 6) is -0.212. The Morgan fingerprint density at radius 2 is 1.80 bits per heavy atom. The highest BCUT2D eigenvalue weighted by molar-refractivity contribution is 7.89. The molecule has 0 unspecified atom stereocenters. The van der Waals surface area contributed by atoms with Gasteiger partial charge in [0.2, 0.25) is 10.0 Å². The van der Waals surface area contributed by atoms with Crippen LogP contribution in [0.4, 0.5) is 0 Å². The van der Waals surface area contributed by atoms with E-state index in [0.29, 0.717) is 43.3 Å². The van der Waals surface area contributed by atoms with Crippen molar-refractivity contribution in [3.63, 3.8) is 0 Å². The molecule has 1 amide bonds. The summed E-state index contributed by atoms with van der Waals surface area (Å²) < 4.78 is 32.6.